The number of hydrogen-bond acceptors (Lipinski definition) is 3. The molecule has 2 amide bonds. The van der Waals surface area contributed by atoms with Crippen molar-refractivity contribution in [3.63, 3.8) is 0 Å². The molecule has 23 heavy (non-hydrogen) atoms. The van der Waals surface area contributed by atoms with Crippen LogP contribution in [0.2, 0.25) is 0 Å². The van der Waals surface area contributed by atoms with Crippen molar-refractivity contribution >= 4 is 17.5 Å². The van der Waals surface area contributed by atoms with Crippen LogP contribution in [0.25, 0.3) is 0 Å². The molecule has 0 fully saturated rings. The predicted molar refractivity (Wildman–Crippen MR) is 84.7 cm³/mol. The average molecular weight is 316 g/mol. The van der Waals surface area contributed by atoms with Gasteiger partial charge in [0.05, 0.1) is 6.54 Å². The number of hydrogen-bond donors (Lipinski definition) is 2. The van der Waals surface area contributed by atoms with Crippen LogP contribution in [0.3, 0.4) is 0 Å². The van der Waals surface area contributed by atoms with Crippen LogP contribution in [0.5, 0.6) is 5.75 Å². The molecule has 0 aliphatic carbocycles. The van der Waals surface area contributed by atoms with Crippen molar-refractivity contribution in [3.8, 4) is 5.75 Å². The SMILES string of the molecule is Cc1ccc(NC(=O)CNC(=O)COc2ccccc2)cc1F. The molecule has 2 aromatic carbocycles. The molecule has 2 N–H and O–H groups in total. The largest absolute Gasteiger partial charge is 0.484 e. The molecule has 0 spiro atoms. The molecule has 5 nitrogen and oxygen atoms in total. The average Bonchev–Trinajstić information content (AvgIpc) is 2.55. The number of amides is 2. The van der Waals surface area contributed by atoms with E-state index in [2.05, 4.69) is 10.6 Å². The fourth-order valence-corrected chi connectivity index (χ4v) is 1.77. The molecule has 0 bridgehead atoms. The smallest absolute Gasteiger partial charge is 0.258 e. The van der Waals surface area contributed by atoms with Gasteiger partial charge in [-0.05, 0) is 36.8 Å². The molecule has 2 aromatic rings. The van der Waals surface area contributed by atoms with Gasteiger partial charge in [-0.2, -0.15) is 0 Å². The molecule has 0 aliphatic rings. The standard InChI is InChI=1S/C17H17FN2O3/c1-12-7-8-13(9-15(12)18)20-16(21)10-19-17(22)11-23-14-5-3-2-4-6-14/h2-9H,10-11H2,1H3,(H,19,22)(H,20,21). The van der Waals surface area contributed by atoms with E-state index in [0.29, 0.717) is 17.0 Å². The number of aryl methyl sites for hydroxylation is 1. The normalized spacial score (nSPS) is 10.0. The van der Waals surface area contributed by atoms with Gasteiger partial charge in [-0.25, -0.2) is 4.39 Å². The summed E-state index contributed by atoms with van der Waals surface area (Å²) in [6.45, 7) is 1.23. The van der Waals surface area contributed by atoms with Crippen LogP contribution in [0.15, 0.2) is 48.5 Å². The first-order valence-electron chi connectivity index (χ1n) is 7.05. The lowest BCUT2D eigenvalue weighted by Gasteiger charge is -2.08. The number of carbonyl (C=O) groups is 2. The molecule has 0 atom stereocenters. The van der Waals surface area contributed by atoms with E-state index in [1.165, 1.54) is 6.07 Å². The van der Waals surface area contributed by atoms with Crippen LogP contribution in [0.4, 0.5) is 10.1 Å². The zero-order valence-electron chi connectivity index (χ0n) is 12.6. The Hall–Kier alpha value is -2.89. The first kappa shape index (κ1) is 16.5. The van der Waals surface area contributed by atoms with Crippen molar-refractivity contribution in [1.82, 2.24) is 5.32 Å². The highest BCUT2D eigenvalue weighted by atomic mass is 19.1. The van der Waals surface area contributed by atoms with Gasteiger partial charge in [0.1, 0.15) is 11.6 Å². The van der Waals surface area contributed by atoms with Gasteiger partial charge in [0, 0.05) is 5.69 Å². The van der Waals surface area contributed by atoms with E-state index in [1.807, 2.05) is 6.07 Å². The number of nitrogens with one attached hydrogen (secondary N) is 2. The van der Waals surface area contributed by atoms with E-state index in [0.717, 1.165) is 0 Å². The summed E-state index contributed by atoms with van der Waals surface area (Å²) in [5, 5.41) is 4.93. The van der Waals surface area contributed by atoms with Crippen molar-refractivity contribution in [2.75, 3.05) is 18.5 Å². The third-order valence-corrected chi connectivity index (χ3v) is 3.01. The number of rotatable bonds is 6. The Bertz CT molecular complexity index is 689. The summed E-state index contributed by atoms with van der Waals surface area (Å²) in [7, 11) is 0. The molecule has 120 valence electrons. The second-order valence-electron chi connectivity index (χ2n) is 4.89. The summed E-state index contributed by atoms with van der Waals surface area (Å²) in [6.07, 6.45) is 0. The minimum atomic E-state index is -0.443. The highest BCUT2D eigenvalue weighted by Crippen LogP contribution is 2.13. The summed E-state index contributed by atoms with van der Waals surface area (Å²) in [4.78, 5) is 23.3. The lowest BCUT2D eigenvalue weighted by atomic mass is 10.2. The number of anilines is 1. The second-order valence-corrected chi connectivity index (χ2v) is 4.89. The summed E-state index contributed by atoms with van der Waals surface area (Å²) >= 11 is 0. The maximum absolute atomic E-state index is 13.4. The predicted octanol–water partition coefficient (Wildman–Crippen LogP) is 2.27. The van der Waals surface area contributed by atoms with Gasteiger partial charge in [-0.1, -0.05) is 24.3 Å². The summed E-state index contributed by atoms with van der Waals surface area (Å²) < 4.78 is 18.6. The van der Waals surface area contributed by atoms with Gasteiger partial charge in [-0.3, -0.25) is 9.59 Å². The van der Waals surface area contributed by atoms with E-state index < -0.39 is 17.6 Å². The molecular formula is C17H17FN2O3. The molecule has 0 saturated carbocycles. The number of ether oxygens (including phenoxy) is 1. The number of halogens is 1. The van der Waals surface area contributed by atoms with Gasteiger partial charge in [0.2, 0.25) is 5.91 Å². The van der Waals surface area contributed by atoms with Crippen molar-refractivity contribution in [2.45, 2.75) is 6.92 Å². The van der Waals surface area contributed by atoms with Gasteiger partial charge in [0.15, 0.2) is 6.61 Å². The molecule has 0 aliphatic heterocycles. The molecule has 0 unspecified atom stereocenters. The van der Waals surface area contributed by atoms with Gasteiger partial charge < -0.3 is 15.4 Å². The van der Waals surface area contributed by atoms with Crippen LogP contribution in [0, 0.1) is 12.7 Å². The fraction of sp³-hybridized carbons (Fsp3) is 0.176. The summed E-state index contributed by atoms with van der Waals surface area (Å²) in [5.41, 5.74) is 0.835. The topological polar surface area (TPSA) is 67.4 Å². The minimum Gasteiger partial charge on any atom is -0.484 e. The Morgan fingerprint density at radius 1 is 1.09 bits per heavy atom. The van der Waals surface area contributed by atoms with Gasteiger partial charge in [-0.15, -0.1) is 0 Å². The maximum atomic E-state index is 13.4. The molecular weight excluding hydrogens is 299 g/mol. The zero-order valence-corrected chi connectivity index (χ0v) is 12.6. The molecule has 0 saturated heterocycles. The third-order valence-electron chi connectivity index (χ3n) is 3.01. The van der Waals surface area contributed by atoms with Crippen LogP contribution >= 0.6 is 0 Å². The highest BCUT2D eigenvalue weighted by Gasteiger charge is 2.08. The Morgan fingerprint density at radius 2 is 1.83 bits per heavy atom. The second kappa shape index (κ2) is 7.93. The highest BCUT2D eigenvalue weighted by molar-refractivity contribution is 5.94. The first-order valence-corrected chi connectivity index (χ1v) is 7.05. The van der Waals surface area contributed by atoms with E-state index in [9.17, 15) is 14.0 Å². The van der Waals surface area contributed by atoms with Gasteiger partial charge in [0.25, 0.3) is 5.91 Å². The van der Waals surface area contributed by atoms with Crippen LogP contribution < -0.4 is 15.4 Å². The lowest BCUT2D eigenvalue weighted by Crippen LogP contribution is -2.35. The molecule has 6 heteroatoms. The van der Waals surface area contributed by atoms with E-state index in [-0.39, 0.29) is 13.2 Å². The van der Waals surface area contributed by atoms with Crippen LogP contribution in [-0.4, -0.2) is 25.0 Å². The number of benzene rings is 2. The van der Waals surface area contributed by atoms with Crippen LogP contribution in [0.1, 0.15) is 5.56 Å². The Balaban J connectivity index is 1.73. The third kappa shape index (κ3) is 5.43. The summed E-state index contributed by atoms with van der Waals surface area (Å²) in [6, 6.07) is 13.3. The van der Waals surface area contributed by atoms with Gasteiger partial charge >= 0.3 is 0 Å². The lowest BCUT2D eigenvalue weighted by molar-refractivity contribution is -0.125. The Morgan fingerprint density at radius 3 is 2.52 bits per heavy atom. The minimum absolute atomic E-state index is 0.184. The number of carbonyl (C=O) groups excluding carboxylic acids is 2. The molecule has 0 radical (unpaired) electrons. The Kier molecular flexibility index (Phi) is 5.68. The molecule has 0 heterocycles. The monoisotopic (exact) mass is 316 g/mol. The van der Waals surface area contributed by atoms with E-state index >= 15 is 0 Å². The maximum Gasteiger partial charge on any atom is 0.258 e. The van der Waals surface area contributed by atoms with Crippen molar-refractivity contribution < 1.29 is 18.7 Å². The summed E-state index contributed by atoms with van der Waals surface area (Å²) in [5.74, 6) is -0.689. The Labute approximate surface area is 133 Å². The number of para-hydroxylation sites is 1. The van der Waals surface area contributed by atoms with Crippen molar-refractivity contribution in [2.24, 2.45) is 0 Å². The van der Waals surface area contributed by atoms with Crippen molar-refractivity contribution in [3.05, 3.63) is 59.9 Å². The first-order chi connectivity index (χ1) is 11.0. The molecule has 0 aromatic heterocycles. The van der Waals surface area contributed by atoms with Crippen LogP contribution in [-0.2, 0) is 9.59 Å². The fourth-order valence-electron chi connectivity index (χ4n) is 1.77. The quantitative estimate of drug-likeness (QED) is 0.859. The molecule has 2 rings (SSSR count). The zero-order chi connectivity index (χ0) is 16.7. The van der Waals surface area contributed by atoms with E-state index in [4.69, 9.17) is 4.74 Å². The van der Waals surface area contributed by atoms with E-state index in [1.54, 1.807) is 43.3 Å². The van der Waals surface area contributed by atoms with Crippen molar-refractivity contribution in [1.29, 1.82) is 0 Å².